The molecule has 3 heteroatoms. The van der Waals surface area contributed by atoms with E-state index in [0.29, 0.717) is 0 Å². The maximum Gasteiger partial charge on any atom is 0.0261 e. The van der Waals surface area contributed by atoms with E-state index in [1.165, 1.54) is 77.8 Å². The summed E-state index contributed by atoms with van der Waals surface area (Å²) in [5.74, 6) is 0.903. The lowest BCUT2D eigenvalue weighted by atomic mass is 9.89. The Morgan fingerprint density at radius 3 is 2.58 bits per heavy atom. The van der Waals surface area contributed by atoms with E-state index < -0.39 is 0 Å². The fourth-order valence-electron chi connectivity index (χ4n) is 4.34. The van der Waals surface area contributed by atoms with E-state index in [2.05, 4.69) is 22.0 Å². The van der Waals surface area contributed by atoms with Crippen LogP contribution in [0.3, 0.4) is 0 Å². The van der Waals surface area contributed by atoms with Gasteiger partial charge in [-0.15, -0.1) is 0 Å². The van der Waals surface area contributed by atoms with Crippen molar-refractivity contribution in [2.75, 3.05) is 39.3 Å². The van der Waals surface area contributed by atoms with E-state index in [4.69, 9.17) is 0 Å². The highest BCUT2D eigenvalue weighted by Crippen LogP contribution is 2.26. The molecule has 0 amide bonds. The van der Waals surface area contributed by atoms with Gasteiger partial charge in [-0.2, -0.15) is 0 Å². The lowest BCUT2D eigenvalue weighted by molar-refractivity contribution is 0.0733. The summed E-state index contributed by atoms with van der Waals surface area (Å²) >= 11 is 0. The standard InChI is InChI=1S/C16H31N3/c1-14-6-2-3-11-19(14)13-15-7-8-17-12-16(15)18-9-4-5-10-18/h14-17H,2-13H2,1H3. The van der Waals surface area contributed by atoms with Crippen LogP contribution in [0.5, 0.6) is 0 Å². The van der Waals surface area contributed by atoms with Gasteiger partial charge < -0.3 is 10.2 Å². The third kappa shape index (κ3) is 3.32. The van der Waals surface area contributed by atoms with Gasteiger partial charge in [0, 0.05) is 25.2 Å². The SMILES string of the molecule is CC1CCCCN1CC1CCNCC1N1CCCC1. The molecule has 3 saturated heterocycles. The number of rotatable bonds is 3. The van der Waals surface area contributed by atoms with Crippen LogP contribution in [0, 0.1) is 5.92 Å². The molecule has 3 fully saturated rings. The second kappa shape index (κ2) is 6.55. The molecule has 110 valence electrons. The summed E-state index contributed by atoms with van der Waals surface area (Å²) in [7, 11) is 0. The zero-order chi connectivity index (χ0) is 13.1. The largest absolute Gasteiger partial charge is 0.315 e. The summed E-state index contributed by atoms with van der Waals surface area (Å²) in [4.78, 5) is 5.55. The van der Waals surface area contributed by atoms with Crippen molar-refractivity contribution in [1.82, 2.24) is 15.1 Å². The maximum atomic E-state index is 3.63. The van der Waals surface area contributed by atoms with Crippen LogP contribution in [0.15, 0.2) is 0 Å². The Morgan fingerprint density at radius 2 is 1.79 bits per heavy atom. The molecule has 3 unspecified atom stereocenters. The number of likely N-dealkylation sites (tertiary alicyclic amines) is 2. The molecular weight excluding hydrogens is 234 g/mol. The molecule has 0 radical (unpaired) electrons. The normalized spacial score (nSPS) is 38.7. The minimum atomic E-state index is 0.811. The predicted molar refractivity (Wildman–Crippen MR) is 80.5 cm³/mol. The minimum absolute atomic E-state index is 0.811. The Bertz CT molecular complexity index is 275. The van der Waals surface area contributed by atoms with E-state index in [1.54, 1.807) is 0 Å². The quantitative estimate of drug-likeness (QED) is 0.841. The molecule has 3 aliphatic heterocycles. The average molecular weight is 265 g/mol. The third-order valence-electron chi connectivity index (χ3n) is 5.61. The van der Waals surface area contributed by atoms with Gasteiger partial charge in [-0.3, -0.25) is 4.90 Å². The molecule has 1 N–H and O–H groups in total. The summed E-state index contributed by atoms with van der Waals surface area (Å²) in [6.45, 7) is 10.3. The smallest absolute Gasteiger partial charge is 0.0261 e. The third-order valence-corrected chi connectivity index (χ3v) is 5.61. The lowest BCUT2D eigenvalue weighted by Crippen LogP contribution is -2.54. The van der Waals surface area contributed by atoms with Crippen molar-refractivity contribution in [2.24, 2.45) is 5.92 Å². The van der Waals surface area contributed by atoms with E-state index in [9.17, 15) is 0 Å². The van der Waals surface area contributed by atoms with Crippen LogP contribution in [-0.4, -0.2) is 61.2 Å². The highest BCUT2D eigenvalue weighted by Gasteiger charge is 2.33. The van der Waals surface area contributed by atoms with Gasteiger partial charge in [0.05, 0.1) is 0 Å². The van der Waals surface area contributed by atoms with Gasteiger partial charge in [0.15, 0.2) is 0 Å². The fraction of sp³-hybridized carbons (Fsp3) is 1.00. The molecule has 0 saturated carbocycles. The Balaban J connectivity index is 1.59. The number of hydrogen-bond donors (Lipinski definition) is 1. The van der Waals surface area contributed by atoms with E-state index in [0.717, 1.165) is 18.0 Å². The first-order valence-corrected chi connectivity index (χ1v) is 8.53. The molecule has 3 aliphatic rings. The van der Waals surface area contributed by atoms with Gasteiger partial charge in [0.25, 0.3) is 0 Å². The van der Waals surface area contributed by atoms with E-state index in [-0.39, 0.29) is 0 Å². The van der Waals surface area contributed by atoms with Crippen molar-refractivity contribution in [2.45, 2.75) is 57.5 Å². The zero-order valence-electron chi connectivity index (χ0n) is 12.6. The molecule has 0 spiro atoms. The van der Waals surface area contributed by atoms with Crippen LogP contribution in [0.2, 0.25) is 0 Å². The average Bonchev–Trinajstić information content (AvgIpc) is 2.96. The van der Waals surface area contributed by atoms with Crippen molar-refractivity contribution in [1.29, 1.82) is 0 Å². The fourth-order valence-corrected chi connectivity index (χ4v) is 4.34. The van der Waals surface area contributed by atoms with Gasteiger partial charge in [-0.1, -0.05) is 6.42 Å². The van der Waals surface area contributed by atoms with Gasteiger partial charge in [0.1, 0.15) is 0 Å². The van der Waals surface area contributed by atoms with Crippen molar-refractivity contribution in [3.05, 3.63) is 0 Å². The first-order valence-electron chi connectivity index (χ1n) is 8.53. The highest BCUT2D eigenvalue weighted by atomic mass is 15.2. The Hall–Kier alpha value is -0.120. The van der Waals surface area contributed by atoms with Gasteiger partial charge in [-0.25, -0.2) is 0 Å². The zero-order valence-corrected chi connectivity index (χ0v) is 12.6. The van der Waals surface area contributed by atoms with Crippen molar-refractivity contribution in [3.8, 4) is 0 Å². The molecule has 3 nitrogen and oxygen atoms in total. The Kier molecular flexibility index (Phi) is 4.78. The van der Waals surface area contributed by atoms with Crippen LogP contribution in [0.4, 0.5) is 0 Å². The molecule has 19 heavy (non-hydrogen) atoms. The van der Waals surface area contributed by atoms with E-state index in [1.807, 2.05) is 0 Å². The maximum absolute atomic E-state index is 3.63. The number of nitrogens with one attached hydrogen (secondary N) is 1. The monoisotopic (exact) mass is 265 g/mol. The first-order chi connectivity index (χ1) is 9.34. The number of nitrogens with zero attached hydrogens (tertiary/aromatic N) is 2. The molecule has 3 atom stereocenters. The summed E-state index contributed by atoms with van der Waals surface area (Å²) in [6.07, 6.45) is 8.50. The molecule has 0 aromatic rings. The van der Waals surface area contributed by atoms with E-state index >= 15 is 0 Å². The van der Waals surface area contributed by atoms with Gasteiger partial charge in [0.2, 0.25) is 0 Å². The second-order valence-corrected chi connectivity index (χ2v) is 6.90. The van der Waals surface area contributed by atoms with Gasteiger partial charge in [-0.05, 0) is 71.1 Å². The van der Waals surface area contributed by atoms with Gasteiger partial charge >= 0.3 is 0 Å². The highest BCUT2D eigenvalue weighted by molar-refractivity contribution is 4.90. The Morgan fingerprint density at radius 1 is 1.00 bits per heavy atom. The molecular formula is C16H31N3. The second-order valence-electron chi connectivity index (χ2n) is 6.90. The van der Waals surface area contributed by atoms with Crippen LogP contribution >= 0.6 is 0 Å². The predicted octanol–water partition coefficient (Wildman–Crippen LogP) is 1.93. The van der Waals surface area contributed by atoms with Crippen molar-refractivity contribution in [3.63, 3.8) is 0 Å². The molecule has 0 aromatic heterocycles. The minimum Gasteiger partial charge on any atom is -0.315 e. The van der Waals surface area contributed by atoms with Crippen LogP contribution in [0.25, 0.3) is 0 Å². The van der Waals surface area contributed by atoms with Crippen LogP contribution in [-0.2, 0) is 0 Å². The number of hydrogen-bond acceptors (Lipinski definition) is 3. The summed E-state index contributed by atoms with van der Waals surface area (Å²) in [6, 6.07) is 1.63. The van der Waals surface area contributed by atoms with Crippen molar-refractivity contribution < 1.29 is 0 Å². The first kappa shape index (κ1) is 13.8. The van der Waals surface area contributed by atoms with Crippen LogP contribution < -0.4 is 5.32 Å². The summed E-state index contributed by atoms with van der Waals surface area (Å²) in [5.41, 5.74) is 0. The molecule has 3 rings (SSSR count). The molecule has 0 bridgehead atoms. The molecule has 0 aromatic carbocycles. The summed E-state index contributed by atoms with van der Waals surface area (Å²) < 4.78 is 0. The molecule has 0 aliphatic carbocycles. The molecule has 3 heterocycles. The summed E-state index contributed by atoms with van der Waals surface area (Å²) in [5, 5.41) is 3.63. The lowest BCUT2D eigenvalue weighted by Gasteiger charge is -2.43. The van der Waals surface area contributed by atoms with Crippen LogP contribution in [0.1, 0.15) is 45.4 Å². The topological polar surface area (TPSA) is 18.5 Å². The number of piperidine rings is 2. The Labute approximate surface area is 118 Å². The van der Waals surface area contributed by atoms with Crippen molar-refractivity contribution >= 4 is 0 Å².